The average Bonchev–Trinajstić information content (AvgIpc) is 3.85. The molecule has 3 aromatic heterocycles. The summed E-state index contributed by atoms with van der Waals surface area (Å²) < 4.78 is 8.88. The van der Waals surface area contributed by atoms with Crippen molar-refractivity contribution in [2.75, 3.05) is 0 Å². The molecule has 0 spiro atoms. The van der Waals surface area contributed by atoms with Crippen LogP contribution >= 0.6 is 11.3 Å². The summed E-state index contributed by atoms with van der Waals surface area (Å²) in [6, 6.07) is 65.7. The number of fused-ring (bicyclic) bond motifs is 6. The SMILES string of the molecule is c1ccc(-c2ccc(-c3cc(-c4ccc5c(c4)sc4c(-c6nc(-c7ccccc7)nc(-c7ccccc7)n6)cccc45)cc4oc5ccccc5c34)cc2)cc1. The van der Waals surface area contributed by atoms with E-state index in [4.69, 9.17) is 19.4 Å². The van der Waals surface area contributed by atoms with Gasteiger partial charge in [0, 0.05) is 47.6 Å². The first-order chi connectivity index (χ1) is 27.7. The van der Waals surface area contributed by atoms with Crippen molar-refractivity contribution in [1.82, 2.24) is 15.0 Å². The molecule has 0 aliphatic heterocycles. The highest BCUT2D eigenvalue weighted by Gasteiger charge is 2.19. The van der Waals surface area contributed by atoms with Gasteiger partial charge in [-0.05, 0) is 63.7 Å². The van der Waals surface area contributed by atoms with Crippen molar-refractivity contribution < 1.29 is 4.42 Å². The van der Waals surface area contributed by atoms with E-state index in [2.05, 4.69) is 121 Å². The monoisotopic (exact) mass is 733 g/mol. The molecule has 0 unspecified atom stereocenters. The molecule has 4 nitrogen and oxygen atoms in total. The molecule has 262 valence electrons. The Hall–Kier alpha value is -7.21. The summed E-state index contributed by atoms with van der Waals surface area (Å²) >= 11 is 1.78. The minimum absolute atomic E-state index is 0.654. The lowest BCUT2D eigenvalue weighted by Crippen LogP contribution is -2.00. The number of hydrogen-bond acceptors (Lipinski definition) is 5. The van der Waals surface area contributed by atoms with Gasteiger partial charge in [0.2, 0.25) is 0 Å². The number of benzene rings is 8. The molecule has 0 atom stereocenters. The highest BCUT2D eigenvalue weighted by atomic mass is 32.1. The third-order valence-electron chi connectivity index (χ3n) is 10.6. The molecule has 0 saturated carbocycles. The van der Waals surface area contributed by atoms with Gasteiger partial charge in [0.15, 0.2) is 17.5 Å². The maximum Gasteiger partial charge on any atom is 0.165 e. The van der Waals surface area contributed by atoms with Crippen LogP contribution in [0.4, 0.5) is 0 Å². The van der Waals surface area contributed by atoms with Crippen LogP contribution in [0.5, 0.6) is 0 Å². The third kappa shape index (κ3) is 5.56. The maximum atomic E-state index is 6.54. The first kappa shape index (κ1) is 32.2. The Morgan fingerprint density at radius 2 is 0.911 bits per heavy atom. The number of thiophene rings is 1. The lowest BCUT2D eigenvalue weighted by Gasteiger charge is -2.10. The fraction of sp³-hybridized carbons (Fsp3) is 0. The molecule has 8 aromatic carbocycles. The summed E-state index contributed by atoms with van der Waals surface area (Å²) in [7, 11) is 0. The van der Waals surface area contributed by atoms with Crippen molar-refractivity contribution in [3.63, 3.8) is 0 Å². The number of para-hydroxylation sites is 1. The predicted octanol–water partition coefficient (Wildman–Crippen LogP) is 14.1. The summed E-state index contributed by atoms with van der Waals surface area (Å²) in [5, 5.41) is 4.64. The lowest BCUT2D eigenvalue weighted by molar-refractivity contribution is 0.669. The van der Waals surface area contributed by atoms with Crippen molar-refractivity contribution >= 4 is 53.4 Å². The topological polar surface area (TPSA) is 51.8 Å². The molecule has 0 amide bonds. The Kier molecular flexibility index (Phi) is 7.64. The van der Waals surface area contributed by atoms with Crippen LogP contribution in [0.2, 0.25) is 0 Å². The van der Waals surface area contributed by atoms with E-state index in [-0.39, 0.29) is 0 Å². The van der Waals surface area contributed by atoms with Gasteiger partial charge >= 0.3 is 0 Å². The largest absolute Gasteiger partial charge is 0.456 e. The van der Waals surface area contributed by atoms with E-state index < -0.39 is 0 Å². The van der Waals surface area contributed by atoms with Gasteiger partial charge in [-0.15, -0.1) is 11.3 Å². The molecule has 11 rings (SSSR count). The molecule has 0 bridgehead atoms. The van der Waals surface area contributed by atoms with Gasteiger partial charge < -0.3 is 4.42 Å². The summed E-state index contributed by atoms with van der Waals surface area (Å²) in [4.78, 5) is 15.1. The molecule has 0 aliphatic carbocycles. The van der Waals surface area contributed by atoms with Crippen LogP contribution in [-0.2, 0) is 0 Å². The fourth-order valence-corrected chi connectivity index (χ4v) is 9.06. The summed E-state index contributed by atoms with van der Waals surface area (Å²) in [6.45, 7) is 0. The van der Waals surface area contributed by atoms with Crippen LogP contribution in [-0.4, -0.2) is 15.0 Å². The van der Waals surface area contributed by atoms with Crippen molar-refractivity contribution in [3.8, 4) is 67.5 Å². The Morgan fingerprint density at radius 3 is 1.62 bits per heavy atom. The lowest BCUT2D eigenvalue weighted by atomic mass is 9.93. The minimum Gasteiger partial charge on any atom is -0.456 e. The molecule has 0 radical (unpaired) electrons. The molecule has 0 aliphatic rings. The second-order valence-electron chi connectivity index (χ2n) is 14.0. The number of furan rings is 1. The van der Waals surface area contributed by atoms with Crippen LogP contribution in [0.1, 0.15) is 0 Å². The smallest absolute Gasteiger partial charge is 0.165 e. The average molecular weight is 734 g/mol. The van der Waals surface area contributed by atoms with Gasteiger partial charge in [-0.25, -0.2) is 15.0 Å². The van der Waals surface area contributed by atoms with Crippen molar-refractivity contribution in [3.05, 3.63) is 188 Å². The normalized spacial score (nSPS) is 11.6. The van der Waals surface area contributed by atoms with Gasteiger partial charge in [0.25, 0.3) is 0 Å². The Labute approximate surface area is 327 Å². The van der Waals surface area contributed by atoms with Gasteiger partial charge in [0.05, 0.1) is 0 Å². The van der Waals surface area contributed by atoms with Gasteiger partial charge in [0.1, 0.15) is 11.2 Å². The third-order valence-corrected chi connectivity index (χ3v) is 11.8. The zero-order valence-corrected chi connectivity index (χ0v) is 30.9. The predicted molar refractivity (Wildman–Crippen MR) is 233 cm³/mol. The van der Waals surface area contributed by atoms with Crippen LogP contribution in [0.25, 0.3) is 110 Å². The van der Waals surface area contributed by atoms with E-state index in [1.54, 1.807) is 11.3 Å². The molecule has 56 heavy (non-hydrogen) atoms. The van der Waals surface area contributed by atoms with E-state index in [1.165, 1.54) is 26.6 Å². The highest BCUT2D eigenvalue weighted by molar-refractivity contribution is 7.26. The van der Waals surface area contributed by atoms with Crippen LogP contribution in [0.3, 0.4) is 0 Å². The van der Waals surface area contributed by atoms with E-state index in [0.717, 1.165) is 65.6 Å². The molecule has 0 N–H and O–H groups in total. The molecule has 11 aromatic rings. The Bertz CT molecular complexity index is 3170. The second kappa shape index (κ2) is 13.3. The number of nitrogens with zero attached hydrogens (tertiary/aromatic N) is 3. The molecule has 5 heteroatoms. The van der Waals surface area contributed by atoms with Crippen LogP contribution in [0.15, 0.2) is 192 Å². The second-order valence-corrected chi connectivity index (χ2v) is 15.0. The van der Waals surface area contributed by atoms with Crippen LogP contribution in [0, 0.1) is 0 Å². The van der Waals surface area contributed by atoms with Crippen molar-refractivity contribution in [1.29, 1.82) is 0 Å². The molecule has 0 saturated heterocycles. The minimum atomic E-state index is 0.654. The summed E-state index contributed by atoms with van der Waals surface area (Å²) in [5.41, 5.74) is 11.6. The standard InChI is InChI=1S/C51H31N3OS/c1-4-13-32(14-5-1)33-23-25-34(26-24-33)43-29-38(30-45-47(43)41-19-10-11-22-44(41)55-45)37-27-28-39-40-20-12-21-42(48(40)56-46(39)31-37)51-53-49(35-15-6-2-7-16-35)52-50(54-51)36-17-8-3-9-18-36/h1-31H. The molecule has 3 heterocycles. The first-order valence-corrected chi connectivity index (χ1v) is 19.5. The zero-order chi connectivity index (χ0) is 37.0. The van der Waals surface area contributed by atoms with Crippen molar-refractivity contribution in [2.24, 2.45) is 0 Å². The quantitative estimate of drug-likeness (QED) is 0.171. The first-order valence-electron chi connectivity index (χ1n) is 18.7. The maximum absolute atomic E-state index is 6.54. The van der Waals surface area contributed by atoms with E-state index in [9.17, 15) is 0 Å². The van der Waals surface area contributed by atoms with Crippen molar-refractivity contribution in [2.45, 2.75) is 0 Å². The molecular weight excluding hydrogens is 703 g/mol. The van der Waals surface area contributed by atoms with E-state index >= 15 is 0 Å². The molecular formula is C51H31N3OS. The van der Waals surface area contributed by atoms with E-state index in [0.29, 0.717) is 17.5 Å². The van der Waals surface area contributed by atoms with Gasteiger partial charge in [-0.2, -0.15) is 0 Å². The molecule has 0 fully saturated rings. The van der Waals surface area contributed by atoms with Gasteiger partial charge in [-0.3, -0.25) is 0 Å². The van der Waals surface area contributed by atoms with E-state index in [1.807, 2.05) is 66.7 Å². The number of hydrogen-bond donors (Lipinski definition) is 0. The number of aromatic nitrogens is 3. The summed E-state index contributed by atoms with van der Waals surface area (Å²) in [6.07, 6.45) is 0. The van der Waals surface area contributed by atoms with Crippen LogP contribution < -0.4 is 0 Å². The Balaban J connectivity index is 1.06. The summed E-state index contributed by atoms with van der Waals surface area (Å²) in [5.74, 6) is 1.97. The fourth-order valence-electron chi connectivity index (χ4n) is 7.80. The highest BCUT2D eigenvalue weighted by Crippen LogP contribution is 2.44. The Morgan fingerprint density at radius 1 is 0.339 bits per heavy atom. The van der Waals surface area contributed by atoms with Gasteiger partial charge in [-0.1, -0.05) is 158 Å². The number of rotatable bonds is 6. The zero-order valence-electron chi connectivity index (χ0n) is 30.1.